The van der Waals surface area contributed by atoms with Crippen LogP contribution in [-0.4, -0.2) is 40.9 Å². The quantitative estimate of drug-likeness (QED) is 0.928. The topological polar surface area (TPSA) is 33.1 Å². The SMILES string of the molecule is CNC1CCCN(Cc2cnn(-c3ccc(Cl)cc3)c2)C1.Cl. The highest BCUT2D eigenvalue weighted by atomic mass is 35.5. The zero-order valence-corrected chi connectivity index (χ0v) is 14.3. The van der Waals surface area contributed by atoms with Crippen molar-refractivity contribution in [3.8, 4) is 5.69 Å². The van der Waals surface area contributed by atoms with Crippen molar-refractivity contribution in [1.29, 1.82) is 0 Å². The van der Waals surface area contributed by atoms with Gasteiger partial charge in [0.2, 0.25) is 0 Å². The summed E-state index contributed by atoms with van der Waals surface area (Å²) in [6, 6.07) is 8.36. The zero-order chi connectivity index (χ0) is 14.7. The molecule has 120 valence electrons. The Hall–Kier alpha value is -1.07. The zero-order valence-electron chi connectivity index (χ0n) is 12.7. The lowest BCUT2D eigenvalue weighted by Crippen LogP contribution is -2.43. The Bertz CT molecular complexity index is 582. The number of likely N-dealkylation sites (tertiary alicyclic amines) is 1. The molecule has 1 N–H and O–H groups in total. The number of rotatable bonds is 4. The van der Waals surface area contributed by atoms with Gasteiger partial charge in [-0.25, -0.2) is 4.68 Å². The first-order valence-electron chi connectivity index (χ1n) is 7.44. The molecule has 1 aromatic heterocycles. The first kappa shape index (κ1) is 17.3. The van der Waals surface area contributed by atoms with Gasteiger partial charge >= 0.3 is 0 Å². The van der Waals surface area contributed by atoms with Gasteiger partial charge in [0.05, 0.1) is 11.9 Å². The van der Waals surface area contributed by atoms with E-state index in [4.69, 9.17) is 11.6 Å². The molecule has 1 atom stereocenters. The minimum Gasteiger partial charge on any atom is -0.316 e. The summed E-state index contributed by atoms with van der Waals surface area (Å²) in [6.45, 7) is 3.25. The van der Waals surface area contributed by atoms with Crippen LogP contribution in [0.3, 0.4) is 0 Å². The molecule has 2 aromatic rings. The first-order chi connectivity index (χ1) is 10.2. The molecule has 1 fully saturated rings. The Balaban J connectivity index is 0.00000176. The molecule has 0 radical (unpaired) electrons. The van der Waals surface area contributed by atoms with Crippen LogP contribution in [0.25, 0.3) is 5.69 Å². The molecule has 4 nitrogen and oxygen atoms in total. The Morgan fingerprint density at radius 3 is 2.82 bits per heavy atom. The van der Waals surface area contributed by atoms with Crippen molar-refractivity contribution >= 4 is 24.0 Å². The van der Waals surface area contributed by atoms with Crippen molar-refractivity contribution in [3.05, 3.63) is 47.2 Å². The van der Waals surface area contributed by atoms with Crippen LogP contribution in [0, 0.1) is 0 Å². The molecule has 1 saturated heterocycles. The minimum absolute atomic E-state index is 0. The van der Waals surface area contributed by atoms with Gasteiger partial charge in [-0.2, -0.15) is 5.10 Å². The summed E-state index contributed by atoms with van der Waals surface area (Å²) in [4.78, 5) is 2.49. The molecule has 22 heavy (non-hydrogen) atoms. The van der Waals surface area contributed by atoms with Gasteiger partial charge in [-0.05, 0) is 50.7 Å². The molecule has 1 aromatic carbocycles. The summed E-state index contributed by atoms with van der Waals surface area (Å²) in [6.07, 6.45) is 6.59. The van der Waals surface area contributed by atoms with Crippen molar-refractivity contribution in [2.45, 2.75) is 25.4 Å². The average molecular weight is 341 g/mol. The van der Waals surface area contributed by atoms with E-state index >= 15 is 0 Å². The normalized spacial score (nSPS) is 18.9. The monoisotopic (exact) mass is 340 g/mol. The first-order valence-corrected chi connectivity index (χ1v) is 7.81. The van der Waals surface area contributed by atoms with Gasteiger partial charge in [-0.15, -0.1) is 12.4 Å². The molecule has 0 spiro atoms. The van der Waals surface area contributed by atoms with Gasteiger partial charge in [0.1, 0.15) is 0 Å². The number of halogens is 2. The number of piperidine rings is 1. The summed E-state index contributed by atoms with van der Waals surface area (Å²) in [5, 5.41) is 8.58. The van der Waals surface area contributed by atoms with Crippen molar-refractivity contribution in [1.82, 2.24) is 20.0 Å². The van der Waals surface area contributed by atoms with Gasteiger partial charge in [0.15, 0.2) is 0 Å². The lowest BCUT2D eigenvalue weighted by Gasteiger charge is -2.32. The molecule has 1 unspecified atom stereocenters. The molecular weight excluding hydrogens is 319 g/mol. The Labute approximate surface area is 142 Å². The minimum atomic E-state index is 0. The number of nitrogens with one attached hydrogen (secondary N) is 1. The summed E-state index contributed by atoms with van der Waals surface area (Å²) in [5.74, 6) is 0. The smallest absolute Gasteiger partial charge is 0.0646 e. The number of aromatic nitrogens is 2. The maximum absolute atomic E-state index is 5.92. The van der Waals surface area contributed by atoms with Crippen LogP contribution in [0.15, 0.2) is 36.7 Å². The fourth-order valence-corrected chi connectivity index (χ4v) is 3.00. The van der Waals surface area contributed by atoms with Crippen LogP contribution < -0.4 is 5.32 Å². The second-order valence-corrected chi connectivity index (χ2v) is 6.07. The van der Waals surface area contributed by atoms with E-state index in [0.29, 0.717) is 6.04 Å². The molecule has 1 aliphatic heterocycles. The number of hydrogen-bond acceptors (Lipinski definition) is 3. The average Bonchev–Trinajstić information content (AvgIpc) is 2.96. The van der Waals surface area contributed by atoms with Gasteiger partial charge in [-0.3, -0.25) is 4.90 Å². The summed E-state index contributed by atoms with van der Waals surface area (Å²) in [7, 11) is 2.05. The van der Waals surface area contributed by atoms with Crippen LogP contribution in [0.2, 0.25) is 5.02 Å². The fraction of sp³-hybridized carbons (Fsp3) is 0.438. The van der Waals surface area contributed by atoms with Crippen LogP contribution in [0.5, 0.6) is 0 Å². The molecule has 2 heterocycles. The molecular formula is C16H22Cl2N4. The molecule has 6 heteroatoms. The summed E-state index contributed by atoms with van der Waals surface area (Å²) in [5.41, 5.74) is 2.29. The molecule has 3 rings (SSSR count). The number of benzene rings is 1. The highest BCUT2D eigenvalue weighted by Gasteiger charge is 2.18. The van der Waals surface area contributed by atoms with Gasteiger partial charge in [0.25, 0.3) is 0 Å². The summed E-state index contributed by atoms with van der Waals surface area (Å²) >= 11 is 5.92. The molecule has 0 bridgehead atoms. The van der Waals surface area contributed by atoms with E-state index in [1.807, 2.05) is 42.2 Å². The third-order valence-electron chi connectivity index (χ3n) is 4.05. The second-order valence-electron chi connectivity index (χ2n) is 5.63. The summed E-state index contributed by atoms with van der Waals surface area (Å²) < 4.78 is 1.91. The van der Waals surface area contributed by atoms with Gasteiger partial charge in [-0.1, -0.05) is 11.6 Å². The predicted octanol–water partition coefficient (Wildman–Crippen LogP) is 3.13. The third kappa shape index (κ3) is 4.23. The molecule has 0 amide bonds. The van der Waals surface area contributed by atoms with E-state index in [-0.39, 0.29) is 12.4 Å². The maximum Gasteiger partial charge on any atom is 0.0646 e. The van der Waals surface area contributed by atoms with E-state index in [9.17, 15) is 0 Å². The van der Waals surface area contributed by atoms with E-state index in [1.54, 1.807) is 0 Å². The van der Waals surface area contributed by atoms with Crippen molar-refractivity contribution < 1.29 is 0 Å². The number of likely N-dealkylation sites (N-methyl/N-ethyl adjacent to an activating group) is 1. The van der Waals surface area contributed by atoms with E-state index in [0.717, 1.165) is 23.8 Å². The van der Waals surface area contributed by atoms with Crippen molar-refractivity contribution in [2.24, 2.45) is 0 Å². The molecule has 0 aliphatic carbocycles. The second kappa shape index (κ2) is 7.97. The van der Waals surface area contributed by atoms with Gasteiger partial charge < -0.3 is 5.32 Å². The van der Waals surface area contributed by atoms with E-state index in [2.05, 4.69) is 21.5 Å². The van der Waals surface area contributed by atoms with Crippen molar-refractivity contribution in [3.63, 3.8) is 0 Å². The Morgan fingerprint density at radius 1 is 1.32 bits per heavy atom. The van der Waals surface area contributed by atoms with Crippen LogP contribution in [0.1, 0.15) is 18.4 Å². The van der Waals surface area contributed by atoms with Crippen LogP contribution in [0.4, 0.5) is 0 Å². The fourth-order valence-electron chi connectivity index (χ4n) is 2.87. The highest BCUT2D eigenvalue weighted by molar-refractivity contribution is 6.30. The highest BCUT2D eigenvalue weighted by Crippen LogP contribution is 2.16. The van der Waals surface area contributed by atoms with E-state index < -0.39 is 0 Å². The maximum atomic E-state index is 5.92. The lowest BCUT2D eigenvalue weighted by atomic mass is 10.1. The Kier molecular flexibility index (Phi) is 6.26. The molecule has 0 saturated carbocycles. The van der Waals surface area contributed by atoms with Crippen LogP contribution in [-0.2, 0) is 6.54 Å². The molecule has 1 aliphatic rings. The third-order valence-corrected chi connectivity index (χ3v) is 4.30. The Morgan fingerprint density at radius 2 is 2.09 bits per heavy atom. The number of hydrogen-bond donors (Lipinski definition) is 1. The standard InChI is InChI=1S/C16H21ClN4.ClH/c1-18-15-3-2-8-20(12-15)10-13-9-19-21(11-13)16-6-4-14(17)5-7-16;/h4-7,9,11,15,18H,2-3,8,10,12H2,1H3;1H. The predicted molar refractivity (Wildman–Crippen MR) is 93.2 cm³/mol. The largest absolute Gasteiger partial charge is 0.316 e. The van der Waals surface area contributed by atoms with Crippen molar-refractivity contribution in [2.75, 3.05) is 20.1 Å². The van der Waals surface area contributed by atoms with E-state index in [1.165, 1.54) is 24.9 Å². The van der Waals surface area contributed by atoms with Gasteiger partial charge in [0, 0.05) is 35.9 Å². The van der Waals surface area contributed by atoms with Crippen LogP contribution >= 0.6 is 24.0 Å². The lowest BCUT2D eigenvalue weighted by molar-refractivity contribution is 0.188. The number of nitrogens with zero attached hydrogens (tertiary/aromatic N) is 3.